The van der Waals surface area contributed by atoms with Gasteiger partial charge in [-0.15, -0.1) is 0 Å². The van der Waals surface area contributed by atoms with Crippen LogP contribution in [0.5, 0.6) is 0 Å². The summed E-state index contributed by atoms with van der Waals surface area (Å²) < 4.78 is 35.2. The minimum Gasteiger partial charge on any atom is -0.456 e. The molecule has 2 unspecified atom stereocenters. The summed E-state index contributed by atoms with van der Waals surface area (Å²) in [7, 11) is 0. The lowest BCUT2D eigenvalue weighted by atomic mass is 10.1. The van der Waals surface area contributed by atoms with Crippen molar-refractivity contribution >= 4 is 5.97 Å². The van der Waals surface area contributed by atoms with Gasteiger partial charge in [-0.05, 0) is 24.8 Å². The molecule has 2 aliphatic rings. The number of ether oxygens (including phenoxy) is 1. The predicted octanol–water partition coefficient (Wildman–Crippen LogP) is 3.47. The van der Waals surface area contributed by atoms with Crippen LogP contribution in [0.25, 0.3) is 0 Å². The number of carbonyl (C=O) groups excluding carboxylic acids is 1. The second-order valence-corrected chi connectivity index (χ2v) is 6.06. The zero-order valence-electron chi connectivity index (χ0n) is 12.6. The van der Waals surface area contributed by atoms with E-state index in [-0.39, 0.29) is 23.9 Å². The summed E-state index contributed by atoms with van der Waals surface area (Å²) in [4.78, 5) is 12.3. The number of aromatic nitrogens is 2. The van der Waals surface area contributed by atoms with Crippen LogP contribution in [0.15, 0.2) is 30.3 Å². The van der Waals surface area contributed by atoms with E-state index in [9.17, 15) is 13.6 Å². The van der Waals surface area contributed by atoms with Crippen LogP contribution in [0.3, 0.4) is 0 Å². The van der Waals surface area contributed by atoms with Crippen molar-refractivity contribution < 1.29 is 18.3 Å². The number of benzene rings is 1. The van der Waals surface area contributed by atoms with Crippen LogP contribution in [0.2, 0.25) is 0 Å². The van der Waals surface area contributed by atoms with Crippen molar-refractivity contribution in [1.82, 2.24) is 9.78 Å². The molecule has 1 saturated carbocycles. The third kappa shape index (κ3) is 2.08. The molecule has 0 radical (unpaired) electrons. The van der Waals surface area contributed by atoms with Crippen LogP contribution < -0.4 is 0 Å². The van der Waals surface area contributed by atoms with Crippen LogP contribution in [-0.4, -0.2) is 15.7 Å². The highest BCUT2D eigenvalue weighted by Crippen LogP contribution is 2.67. The highest BCUT2D eigenvalue weighted by Gasteiger charge is 2.67. The molecule has 2 atom stereocenters. The smallest absolute Gasteiger partial charge is 0.359 e. The van der Waals surface area contributed by atoms with E-state index in [1.807, 2.05) is 30.3 Å². The zero-order chi connectivity index (χ0) is 16.2. The normalized spacial score (nSPS) is 23.3. The minimum absolute atomic E-state index is 0.0578. The third-order valence-corrected chi connectivity index (χ3v) is 4.64. The quantitative estimate of drug-likeness (QED) is 0.811. The highest BCUT2D eigenvalue weighted by molar-refractivity contribution is 5.90. The van der Waals surface area contributed by atoms with Crippen molar-refractivity contribution in [2.45, 2.75) is 38.3 Å². The van der Waals surface area contributed by atoms with Crippen LogP contribution in [0.1, 0.15) is 46.6 Å². The molecule has 0 spiro atoms. The number of aryl methyl sites for hydroxylation is 1. The Balaban J connectivity index is 1.62. The molecule has 2 aromatic rings. The Hall–Kier alpha value is -2.24. The summed E-state index contributed by atoms with van der Waals surface area (Å²) in [5, 5.41) is 4.10. The second-order valence-electron chi connectivity index (χ2n) is 6.06. The monoisotopic (exact) mass is 318 g/mol. The second kappa shape index (κ2) is 4.88. The maximum atomic E-state index is 14.3. The lowest BCUT2D eigenvalue weighted by Crippen LogP contribution is -2.19. The Bertz CT molecular complexity index is 770. The highest BCUT2D eigenvalue weighted by atomic mass is 19.3. The Morgan fingerprint density at radius 2 is 2.13 bits per heavy atom. The number of alkyl halides is 2. The lowest BCUT2D eigenvalue weighted by Gasteiger charge is -2.14. The van der Waals surface area contributed by atoms with Gasteiger partial charge >= 0.3 is 5.97 Å². The average Bonchev–Trinajstić information content (AvgIpc) is 3.21. The maximum absolute atomic E-state index is 14.3. The van der Waals surface area contributed by atoms with Crippen molar-refractivity contribution in [2.24, 2.45) is 5.92 Å². The van der Waals surface area contributed by atoms with Crippen molar-refractivity contribution in [3.05, 3.63) is 52.8 Å². The summed E-state index contributed by atoms with van der Waals surface area (Å²) in [5.74, 6) is -4.43. The van der Waals surface area contributed by atoms with Gasteiger partial charge in [-0.2, -0.15) is 13.9 Å². The van der Waals surface area contributed by atoms with Gasteiger partial charge in [0.25, 0.3) is 5.92 Å². The SMILES string of the molecule is CCn1nc(C(=O)OCc2ccccc2)c2c1C(F)(F)C1CC21. The first-order valence-electron chi connectivity index (χ1n) is 7.74. The Morgan fingerprint density at radius 1 is 1.39 bits per heavy atom. The van der Waals surface area contributed by atoms with E-state index in [2.05, 4.69) is 5.10 Å². The van der Waals surface area contributed by atoms with Gasteiger partial charge in [0.15, 0.2) is 5.69 Å². The van der Waals surface area contributed by atoms with Crippen LogP contribution in [-0.2, 0) is 23.8 Å². The van der Waals surface area contributed by atoms with E-state index in [1.165, 1.54) is 4.68 Å². The summed E-state index contributed by atoms with van der Waals surface area (Å²) in [6.45, 7) is 2.16. The number of fused-ring (bicyclic) bond motifs is 3. The van der Waals surface area contributed by atoms with Crippen molar-refractivity contribution in [2.75, 3.05) is 0 Å². The van der Waals surface area contributed by atoms with E-state index in [0.717, 1.165) is 5.56 Å². The summed E-state index contributed by atoms with van der Waals surface area (Å²) in [6, 6.07) is 9.25. The summed E-state index contributed by atoms with van der Waals surface area (Å²) >= 11 is 0. The number of halogens is 2. The molecule has 4 nitrogen and oxygen atoms in total. The number of rotatable bonds is 4. The standard InChI is InChI=1S/C17H16F2N2O2/c1-2-21-15-13(11-8-12(11)17(15,18)19)14(20-21)16(22)23-9-10-6-4-3-5-7-10/h3-7,11-12H,2,8-9H2,1H3. The Morgan fingerprint density at radius 3 is 2.83 bits per heavy atom. The van der Waals surface area contributed by atoms with Gasteiger partial charge in [0.05, 0.1) is 0 Å². The van der Waals surface area contributed by atoms with Gasteiger partial charge in [-0.1, -0.05) is 30.3 Å². The van der Waals surface area contributed by atoms with E-state index in [1.54, 1.807) is 6.92 Å². The number of carbonyl (C=O) groups is 1. The fourth-order valence-corrected chi connectivity index (χ4v) is 3.44. The molecule has 1 heterocycles. The van der Waals surface area contributed by atoms with Gasteiger partial charge in [0.1, 0.15) is 12.3 Å². The van der Waals surface area contributed by atoms with Crippen LogP contribution in [0.4, 0.5) is 8.78 Å². The molecule has 1 fully saturated rings. The summed E-state index contributed by atoms with van der Waals surface area (Å²) in [6.07, 6.45) is 0.425. The molecule has 1 aromatic carbocycles. The van der Waals surface area contributed by atoms with E-state index < -0.39 is 17.8 Å². The lowest BCUT2D eigenvalue weighted by molar-refractivity contribution is -0.0309. The molecule has 0 amide bonds. The Labute approximate surface area is 132 Å². The largest absolute Gasteiger partial charge is 0.456 e. The molecule has 1 aromatic heterocycles. The van der Waals surface area contributed by atoms with E-state index in [0.29, 0.717) is 18.5 Å². The molecular formula is C17H16F2N2O2. The third-order valence-electron chi connectivity index (χ3n) is 4.64. The van der Waals surface area contributed by atoms with Gasteiger partial charge in [0.2, 0.25) is 0 Å². The molecule has 0 saturated heterocycles. The number of nitrogens with zero attached hydrogens (tertiary/aromatic N) is 2. The molecule has 23 heavy (non-hydrogen) atoms. The maximum Gasteiger partial charge on any atom is 0.359 e. The summed E-state index contributed by atoms with van der Waals surface area (Å²) in [5.41, 5.74) is 1.22. The van der Waals surface area contributed by atoms with Crippen molar-refractivity contribution in [3.63, 3.8) is 0 Å². The molecule has 6 heteroatoms. The fraction of sp³-hybridized carbons (Fsp3) is 0.412. The molecular weight excluding hydrogens is 302 g/mol. The van der Waals surface area contributed by atoms with Crippen LogP contribution in [0, 0.1) is 5.92 Å². The van der Waals surface area contributed by atoms with Gasteiger partial charge < -0.3 is 4.74 Å². The molecule has 0 aliphatic heterocycles. The van der Waals surface area contributed by atoms with Gasteiger partial charge in [0, 0.05) is 18.0 Å². The van der Waals surface area contributed by atoms with E-state index >= 15 is 0 Å². The van der Waals surface area contributed by atoms with Crippen molar-refractivity contribution in [3.8, 4) is 0 Å². The first-order chi connectivity index (χ1) is 11.0. The molecule has 0 N–H and O–H groups in total. The first kappa shape index (κ1) is 14.4. The number of hydrogen-bond donors (Lipinski definition) is 0. The molecule has 0 bridgehead atoms. The number of hydrogen-bond acceptors (Lipinski definition) is 3. The van der Waals surface area contributed by atoms with E-state index in [4.69, 9.17) is 4.74 Å². The van der Waals surface area contributed by atoms with Gasteiger partial charge in [-0.25, -0.2) is 4.79 Å². The Kier molecular flexibility index (Phi) is 3.04. The predicted molar refractivity (Wildman–Crippen MR) is 78.2 cm³/mol. The first-order valence-corrected chi connectivity index (χ1v) is 7.74. The molecule has 4 rings (SSSR count). The average molecular weight is 318 g/mol. The number of esters is 1. The van der Waals surface area contributed by atoms with Crippen molar-refractivity contribution in [1.29, 1.82) is 0 Å². The molecule has 2 aliphatic carbocycles. The fourth-order valence-electron chi connectivity index (χ4n) is 3.44. The minimum atomic E-state index is -2.89. The zero-order valence-corrected chi connectivity index (χ0v) is 12.6. The molecule has 120 valence electrons. The topological polar surface area (TPSA) is 44.1 Å². The van der Waals surface area contributed by atoms with Gasteiger partial charge in [-0.3, -0.25) is 4.68 Å². The van der Waals surface area contributed by atoms with Crippen LogP contribution >= 0.6 is 0 Å².